The molecule has 0 saturated carbocycles. The minimum atomic E-state index is 0.833. The molecule has 0 saturated heterocycles. The van der Waals surface area contributed by atoms with Crippen LogP contribution in [0.4, 0.5) is 0 Å². The van der Waals surface area contributed by atoms with Gasteiger partial charge in [-0.3, -0.25) is 0 Å². The first-order valence-corrected chi connectivity index (χ1v) is 15.1. The van der Waals surface area contributed by atoms with Gasteiger partial charge in [0.05, 0.1) is 22.8 Å². The van der Waals surface area contributed by atoms with Gasteiger partial charge in [-0.05, 0) is 0 Å². The molecule has 0 spiro atoms. The van der Waals surface area contributed by atoms with Crippen LogP contribution in [-0.2, 0) is 0 Å². The summed E-state index contributed by atoms with van der Waals surface area (Å²) in [7, 11) is 0. The van der Waals surface area contributed by atoms with Crippen LogP contribution in [-0.4, -0.2) is 31.4 Å². The molecule has 6 rings (SSSR count). The van der Waals surface area contributed by atoms with E-state index in [2.05, 4.69) is 119 Å². The third-order valence-electron chi connectivity index (χ3n) is 6.38. The lowest BCUT2D eigenvalue weighted by Crippen LogP contribution is -1.82. The Morgan fingerprint density at radius 1 is 0.450 bits per heavy atom. The van der Waals surface area contributed by atoms with Crippen LogP contribution in [0.1, 0.15) is 0 Å². The van der Waals surface area contributed by atoms with E-state index in [-0.39, 0.29) is 0 Å². The van der Waals surface area contributed by atoms with Gasteiger partial charge in [0.2, 0.25) is 0 Å². The molecule has 2 aromatic heterocycles. The number of benzene rings is 4. The van der Waals surface area contributed by atoms with E-state index in [0.717, 1.165) is 66.8 Å². The molecule has 0 amide bonds. The average molecular weight is 557 g/mol. The van der Waals surface area contributed by atoms with Crippen molar-refractivity contribution in [3.63, 3.8) is 0 Å². The second kappa shape index (κ2) is 12.7. The molecule has 0 bridgehead atoms. The summed E-state index contributed by atoms with van der Waals surface area (Å²) < 4.78 is 0. The summed E-state index contributed by atoms with van der Waals surface area (Å²) in [6, 6.07) is 41.5. The van der Waals surface area contributed by atoms with E-state index in [1.165, 1.54) is 0 Å². The van der Waals surface area contributed by atoms with Crippen LogP contribution < -0.4 is 0 Å². The zero-order valence-electron chi connectivity index (χ0n) is 21.8. The fraction of sp³-hybridized carbons (Fsp3) is 0.0588. The van der Waals surface area contributed by atoms with E-state index in [4.69, 9.17) is 9.97 Å². The number of thioether (sulfide) groups is 2. The number of hydrogen-bond donors (Lipinski definition) is 2. The molecule has 4 aromatic carbocycles. The van der Waals surface area contributed by atoms with E-state index >= 15 is 0 Å². The van der Waals surface area contributed by atoms with Gasteiger partial charge in [0.25, 0.3) is 0 Å². The molecule has 0 fully saturated rings. The van der Waals surface area contributed by atoms with Crippen molar-refractivity contribution in [3.8, 4) is 45.0 Å². The van der Waals surface area contributed by atoms with Crippen molar-refractivity contribution in [1.82, 2.24) is 19.9 Å². The van der Waals surface area contributed by atoms with Gasteiger partial charge in [0.1, 0.15) is 0 Å². The number of nitrogens with one attached hydrogen (secondary N) is 2. The molecule has 196 valence electrons. The summed E-state index contributed by atoms with van der Waals surface area (Å²) in [5.41, 5.74) is 8.56. The first kappa shape index (κ1) is 26.0. The van der Waals surface area contributed by atoms with Crippen molar-refractivity contribution in [1.29, 1.82) is 0 Å². The van der Waals surface area contributed by atoms with Crippen molar-refractivity contribution >= 4 is 23.5 Å². The average Bonchev–Trinajstić information content (AvgIpc) is 3.66. The molecule has 2 N–H and O–H groups in total. The zero-order valence-corrected chi connectivity index (χ0v) is 23.5. The summed E-state index contributed by atoms with van der Waals surface area (Å²) in [5, 5.41) is 1.84. The number of H-pyrrole nitrogens is 2. The number of rotatable bonds is 10. The van der Waals surface area contributed by atoms with Gasteiger partial charge in [-0.25, -0.2) is 9.97 Å². The number of hydrogen-bond acceptors (Lipinski definition) is 4. The van der Waals surface area contributed by atoms with Crippen LogP contribution in [0.2, 0.25) is 0 Å². The Hall–Kier alpha value is -4.26. The second-order valence-electron chi connectivity index (χ2n) is 9.09. The lowest BCUT2D eigenvalue weighted by molar-refractivity contribution is 1.06. The van der Waals surface area contributed by atoms with Crippen LogP contribution >= 0.6 is 23.5 Å². The zero-order chi connectivity index (χ0) is 27.0. The van der Waals surface area contributed by atoms with Crippen LogP contribution in [0, 0.1) is 0 Å². The van der Waals surface area contributed by atoms with Gasteiger partial charge >= 0.3 is 0 Å². The molecule has 6 heteroatoms. The maximum atomic E-state index is 4.95. The summed E-state index contributed by atoms with van der Waals surface area (Å²) in [4.78, 5) is 17.0. The van der Waals surface area contributed by atoms with Crippen LogP contribution in [0.3, 0.4) is 0 Å². The van der Waals surface area contributed by atoms with Gasteiger partial charge in [0, 0.05) is 33.8 Å². The molecule has 0 radical (unpaired) electrons. The lowest BCUT2D eigenvalue weighted by Gasteiger charge is -2.02. The Morgan fingerprint density at radius 2 is 0.775 bits per heavy atom. The number of nitrogens with zero attached hydrogens (tertiary/aromatic N) is 2. The minimum absolute atomic E-state index is 0.833. The molecule has 2 heterocycles. The quantitative estimate of drug-likeness (QED) is 0.130. The Bertz CT molecular complexity index is 1430. The van der Waals surface area contributed by atoms with E-state index in [9.17, 15) is 0 Å². The third kappa shape index (κ3) is 6.14. The molecule has 6 aromatic rings. The van der Waals surface area contributed by atoms with Crippen molar-refractivity contribution in [2.24, 2.45) is 0 Å². The van der Waals surface area contributed by atoms with Crippen LogP contribution in [0.25, 0.3) is 45.0 Å². The molecule has 0 aliphatic carbocycles. The first-order chi connectivity index (χ1) is 19.8. The molecule has 0 aliphatic heterocycles. The lowest BCUT2D eigenvalue weighted by atomic mass is 10.1. The molecule has 0 unspecified atom stereocenters. The number of imidazole rings is 2. The SMILES string of the molecule is C(=C/CSc1nc(-c2ccccc2)c(-c2ccccc2)[nH]1)/CSc1nc(-c2ccccc2)c(-c2ccccc2)[nH]1. The van der Waals surface area contributed by atoms with E-state index in [1.807, 2.05) is 24.3 Å². The highest BCUT2D eigenvalue weighted by Crippen LogP contribution is 2.34. The van der Waals surface area contributed by atoms with Gasteiger partial charge < -0.3 is 9.97 Å². The smallest absolute Gasteiger partial charge is 0.166 e. The highest BCUT2D eigenvalue weighted by atomic mass is 32.2. The highest BCUT2D eigenvalue weighted by molar-refractivity contribution is 7.99. The summed E-state index contributed by atoms with van der Waals surface area (Å²) in [6.07, 6.45) is 4.40. The topological polar surface area (TPSA) is 57.4 Å². The first-order valence-electron chi connectivity index (χ1n) is 13.2. The monoisotopic (exact) mass is 556 g/mol. The van der Waals surface area contributed by atoms with Gasteiger partial charge in [0.15, 0.2) is 10.3 Å². The predicted molar refractivity (Wildman–Crippen MR) is 170 cm³/mol. The van der Waals surface area contributed by atoms with Gasteiger partial charge in [-0.1, -0.05) is 157 Å². The van der Waals surface area contributed by atoms with Crippen molar-refractivity contribution in [3.05, 3.63) is 133 Å². The molecular weight excluding hydrogens is 529 g/mol. The second-order valence-corrected chi connectivity index (χ2v) is 11.1. The molecule has 0 atom stereocenters. The third-order valence-corrected chi connectivity index (χ3v) is 8.03. The van der Waals surface area contributed by atoms with Crippen LogP contribution in [0.5, 0.6) is 0 Å². The molecule has 40 heavy (non-hydrogen) atoms. The van der Waals surface area contributed by atoms with Gasteiger partial charge in [-0.2, -0.15) is 0 Å². The molecule has 0 aliphatic rings. The standard InChI is InChI=1S/C34H28N4S2/c1-5-15-25(16-6-1)29-30(26-17-7-2-8-18-26)36-33(35-29)39-23-13-14-24-40-34-37-31(27-19-9-3-10-20-27)32(38-34)28-21-11-4-12-22-28/h1-22H,23-24H2,(H,35,36)(H,37,38)/b14-13-. The summed E-state index contributed by atoms with van der Waals surface area (Å²) >= 11 is 3.41. The Balaban J connectivity index is 1.12. The molecule has 4 nitrogen and oxygen atoms in total. The van der Waals surface area contributed by atoms with Crippen molar-refractivity contribution < 1.29 is 0 Å². The normalized spacial score (nSPS) is 11.3. The summed E-state index contributed by atoms with van der Waals surface area (Å²) in [5.74, 6) is 1.67. The van der Waals surface area contributed by atoms with E-state index < -0.39 is 0 Å². The molecular formula is C34H28N4S2. The fourth-order valence-electron chi connectivity index (χ4n) is 4.47. The number of aromatic amines is 2. The Labute approximate surface area is 243 Å². The summed E-state index contributed by atoms with van der Waals surface area (Å²) in [6.45, 7) is 0. The van der Waals surface area contributed by atoms with E-state index in [1.54, 1.807) is 23.5 Å². The fourth-order valence-corrected chi connectivity index (χ4v) is 5.91. The van der Waals surface area contributed by atoms with Gasteiger partial charge in [-0.15, -0.1) is 0 Å². The van der Waals surface area contributed by atoms with Crippen LogP contribution in [0.15, 0.2) is 144 Å². The predicted octanol–water partition coefficient (Wildman–Crippen LogP) is 9.24. The van der Waals surface area contributed by atoms with Crippen molar-refractivity contribution in [2.45, 2.75) is 10.3 Å². The maximum absolute atomic E-state index is 4.95. The number of aromatic nitrogens is 4. The largest absolute Gasteiger partial charge is 0.332 e. The highest BCUT2D eigenvalue weighted by Gasteiger charge is 2.15. The van der Waals surface area contributed by atoms with E-state index in [0.29, 0.717) is 0 Å². The minimum Gasteiger partial charge on any atom is -0.332 e. The van der Waals surface area contributed by atoms with Crippen molar-refractivity contribution in [2.75, 3.05) is 11.5 Å². The maximum Gasteiger partial charge on any atom is 0.166 e. The Kier molecular flexibility index (Phi) is 8.27. The Morgan fingerprint density at radius 3 is 1.12 bits per heavy atom.